The van der Waals surface area contributed by atoms with Crippen LogP contribution in [0.3, 0.4) is 0 Å². The second-order valence-corrected chi connectivity index (χ2v) is 5.05. The van der Waals surface area contributed by atoms with E-state index in [0.717, 1.165) is 42.9 Å². The van der Waals surface area contributed by atoms with Crippen LogP contribution < -0.4 is 10.9 Å². The van der Waals surface area contributed by atoms with E-state index < -0.39 is 0 Å². The fraction of sp³-hybridized carbons (Fsp3) is 0.692. The van der Waals surface area contributed by atoms with Gasteiger partial charge in [-0.15, -0.1) is 0 Å². The maximum atomic E-state index is 12.5. The standard InChI is InChI=1S/C13H19N3O2/c1-18-7-6-16-12(9-2-3-9)15-11-4-5-14-8-10(11)13(16)17/h9,14H,2-8H2,1H3. The minimum absolute atomic E-state index is 0.131. The molecule has 0 unspecified atom stereocenters. The molecule has 0 aromatic carbocycles. The van der Waals surface area contributed by atoms with Crippen LogP contribution in [0, 0.1) is 0 Å². The molecule has 1 aromatic rings. The molecule has 0 atom stereocenters. The zero-order chi connectivity index (χ0) is 12.5. The minimum atomic E-state index is 0.131. The Morgan fingerprint density at radius 3 is 3.06 bits per heavy atom. The van der Waals surface area contributed by atoms with Crippen LogP contribution in [0.1, 0.15) is 35.8 Å². The van der Waals surface area contributed by atoms with Gasteiger partial charge in [-0.25, -0.2) is 4.98 Å². The molecule has 1 N–H and O–H groups in total. The molecular weight excluding hydrogens is 230 g/mol. The van der Waals surface area contributed by atoms with E-state index in [4.69, 9.17) is 9.72 Å². The number of nitrogens with one attached hydrogen (secondary N) is 1. The fourth-order valence-corrected chi connectivity index (χ4v) is 2.51. The average molecular weight is 249 g/mol. The maximum absolute atomic E-state index is 12.5. The van der Waals surface area contributed by atoms with Gasteiger partial charge in [-0.1, -0.05) is 0 Å². The van der Waals surface area contributed by atoms with Crippen LogP contribution in [0.25, 0.3) is 0 Å². The largest absolute Gasteiger partial charge is 0.383 e. The summed E-state index contributed by atoms with van der Waals surface area (Å²) in [6.07, 6.45) is 3.20. The molecule has 5 nitrogen and oxygen atoms in total. The first-order valence-electron chi connectivity index (χ1n) is 6.63. The van der Waals surface area contributed by atoms with Crippen LogP contribution in [-0.2, 0) is 24.2 Å². The van der Waals surface area contributed by atoms with E-state index >= 15 is 0 Å². The highest BCUT2D eigenvalue weighted by Gasteiger charge is 2.30. The van der Waals surface area contributed by atoms with E-state index in [1.165, 1.54) is 0 Å². The van der Waals surface area contributed by atoms with Gasteiger partial charge < -0.3 is 10.1 Å². The van der Waals surface area contributed by atoms with Crippen molar-refractivity contribution in [3.05, 3.63) is 27.4 Å². The van der Waals surface area contributed by atoms with Crippen molar-refractivity contribution in [2.24, 2.45) is 0 Å². The van der Waals surface area contributed by atoms with Crippen LogP contribution in [0.15, 0.2) is 4.79 Å². The lowest BCUT2D eigenvalue weighted by atomic mass is 10.1. The summed E-state index contributed by atoms with van der Waals surface area (Å²) in [5, 5.41) is 3.24. The van der Waals surface area contributed by atoms with Crippen LogP contribution in [0.5, 0.6) is 0 Å². The first-order chi connectivity index (χ1) is 8.81. The van der Waals surface area contributed by atoms with Gasteiger partial charge in [0.1, 0.15) is 5.82 Å². The zero-order valence-electron chi connectivity index (χ0n) is 10.7. The van der Waals surface area contributed by atoms with Crippen molar-refractivity contribution in [2.45, 2.75) is 38.3 Å². The van der Waals surface area contributed by atoms with Crippen molar-refractivity contribution in [3.8, 4) is 0 Å². The van der Waals surface area contributed by atoms with Gasteiger partial charge in [0.05, 0.1) is 24.4 Å². The average Bonchev–Trinajstić information content (AvgIpc) is 3.22. The molecular formula is C13H19N3O2. The zero-order valence-corrected chi connectivity index (χ0v) is 10.7. The van der Waals surface area contributed by atoms with Crippen molar-refractivity contribution in [1.82, 2.24) is 14.9 Å². The lowest BCUT2D eigenvalue weighted by molar-refractivity contribution is 0.184. The highest BCUT2D eigenvalue weighted by Crippen LogP contribution is 2.38. The number of hydrogen-bond donors (Lipinski definition) is 1. The summed E-state index contributed by atoms with van der Waals surface area (Å²) in [5.41, 5.74) is 1.99. The van der Waals surface area contributed by atoms with Crippen molar-refractivity contribution in [1.29, 1.82) is 0 Å². The molecule has 1 aromatic heterocycles. The van der Waals surface area contributed by atoms with Crippen LogP contribution >= 0.6 is 0 Å². The Hall–Kier alpha value is -1.20. The highest BCUT2D eigenvalue weighted by molar-refractivity contribution is 5.24. The molecule has 0 amide bonds. The summed E-state index contributed by atoms with van der Waals surface area (Å²) >= 11 is 0. The summed E-state index contributed by atoms with van der Waals surface area (Å²) in [6.45, 7) is 2.75. The number of aromatic nitrogens is 2. The van der Waals surface area contributed by atoms with E-state index in [9.17, 15) is 4.79 Å². The summed E-state index contributed by atoms with van der Waals surface area (Å²) in [6, 6.07) is 0. The molecule has 1 fully saturated rings. The van der Waals surface area contributed by atoms with Gasteiger partial charge in [-0.05, 0) is 12.8 Å². The first kappa shape index (κ1) is 11.9. The first-order valence-corrected chi connectivity index (χ1v) is 6.63. The molecule has 1 aliphatic carbocycles. The molecule has 1 aliphatic heterocycles. The van der Waals surface area contributed by atoms with Gasteiger partial charge in [-0.2, -0.15) is 0 Å². The third-order valence-corrected chi connectivity index (χ3v) is 3.68. The van der Waals surface area contributed by atoms with Crippen molar-refractivity contribution >= 4 is 0 Å². The second-order valence-electron chi connectivity index (χ2n) is 5.05. The molecule has 98 valence electrons. The molecule has 0 spiro atoms. The van der Waals surface area contributed by atoms with Crippen molar-refractivity contribution in [3.63, 3.8) is 0 Å². The Balaban J connectivity index is 2.05. The normalized spacial score (nSPS) is 18.7. The lowest BCUT2D eigenvalue weighted by Gasteiger charge is -2.20. The molecule has 2 heterocycles. The lowest BCUT2D eigenvalue weighted by Crippen LogP contribution is -2.37. The predicted octanol–water partition coefficient (Wildman–Crippen LogP) is 0.413. The number of hydrogen-bond acceptors (Lipinski definition) is 4. The van der Waals surface area contributed by atoms with Gasteiger partial charge in [0.2, 0.25) is 0 Å². The number of rotatable bonds is 4. The van der Waals surface area contributed by atoms with Gasteiger partial charge in [-0.3, -0.25) is 9.36 Å². The van der Waals surface area contributed by atoms with E-state index in [2.05, 4.69) is 5.32 Å². The summed E-state index contributed by atoms with van der Waals surface area (Å²) in [5.74, 6) is 1.48. The molecule has 5 heteroatoms. The van der Waals surface area contributed by atoms with Gasteiger partial charge >= 0.3 is 0 Å². The SMILES string of the molecule is COCCn1c(C2CC2)nc2c(c1=O)CNCC2. The third-order valence-electron chi connectivity index (χ3n) is 3.68. The summed E-state index contributed by atoms with van der Waals surface area (Å²) < 4.78 is 6.92. The molecule has 0 bridgehead atoms. The van der Waals surface area contributed by atoms with Gasteiger partial charge in [0.15, 0.2) is 0 Å². The number of fused-ring (bicyclic) bond motifs is 1. The van der Waals surface area contributed by atoms with Crippen molar-refractivity contribution < 1.29 is 4.74 Å². The van der Waals surface area contributed by atoms with E-state index in [-0.39, 0.29) is 5.56 Å². The summed E-state index contributed by atoms with van der Waals surface area (Å²) in [7, 11) is 1.66. The Morgan fingerprint density at radius 2 is 2.33 bits per heavy atom. The van der Waals surface area contributed by atoms with Gasteiger partial charge in [0.25, 0.3) is 5.56 Å². The summed E-state index contributed by atoms with van der Waals surface area (Å²) in [4.78, 5) is 17.3. The van der Waals surface area contributed by atoms with Gasteiger partial charge in [0, 0.05) is 32.5 Å². The van der Waals surface area contributed by atoms with Crippen LogP contribution in [-0.4, -0.2) is 29.8 Å². The molecule has 1 saturated carbocycles. The molecule has 2 aliphatic rings. The Labute approximate surface area is 106 Å². The molecule has 18 heavy (non-hydrogen) atoms. The van der Waals surface area contributed by atoms with E-state index in [0.29, 0.717) is 25.6 Å². The minimum Gasteiger partial charge on any atom is -0.383 e. The van der Waals surface area contributed by atoms with Crippen LogP contribution in [0.2, 0.25) is 0 Å². The number of methoxy groups -OCH3 is 1. The second kappa shape index (κ2) is 4.82. The smallest absolute Gasteiger partial charge is 0.258 e. The Bertz CT molecular complexity index is 506. The Morgan fingerprint density at radius 1 is 1.50 bits per heavy atom. The molecule has 0 saturated heterocycles. The van der Waals surface area contributed by atoms with Crippen LogP contribution in [0.4, 0.5) is 0 Å². The Kier molecular flexibility index (Phi) is 3.18. The third kappa shape index (κ3) is 2.08. The van der Waals surface area contributed by atoms with E-state index in [1.54, 1.807) is 7.11 Å². The predicted molar refractivity (Wildman–Crippen MR) is 67.8 cm³/mol. The number of ether oxygens (including phenoxy) is 1. The maximum Gasteiger partial charge on any atom is 0.258 e. The number of nitrogens with zero attached hydrogens (tertiary/aromatic N) is 2. The monoisotopic (exact) mass is 249 g/mol. The molecule has 3 rings (SSSR count). The quantitative estimate of drug-likeness (QED) is 0.840. The topological polar surface area (TPSA) is 56.2 Å². The highest BCUT2D eigenvalue weighted by atomic mass is 16.5. The fourth-order valence-electron chi connectivity index (χ4n) is 2.51. The molecule has 0 radical (unpaired) electrons. The van der Waals surface area contributed by atoms with Crippen molar-refractivity contribution in [2.75, 3.05) is 20.3 Å². The van der Waals surface area contributed by atoms with E-state index in [1.807, 2.05) is 4.57 Å².